The molecule has 0 amide bonds. The zero-order valence-corrected chi connectivity index (χ0v) is 23.7. The molecule has 44 heavy (non-hydrogen) atoms. The SMILES string of the molecule is O=CC1=Cc2nc1c(-c1ccccc1)c1ccc([nH]1)c(-c1ccccc1)c1nc(cc3ccc([nH]3)c2-c2ccccc2)C=C1. The maximum atomic E-state index is 12.7. The fourth-order valence-corrected chi connectivity index (χ4v) is 6.05. The number of hydrogen-bond donors (Lipinski definition) is 2. The Labute approximate surface area is 254 Å². The summed E-state index contributed by atoms with van der Waals surface area (Å²) in [6.45, 7) is 0. The fraction of sp³-hybridized carbons (Fsp3) is 0. The standard InChI is InChI=1S/C39H26N4O/c44-24-28-22-35-37(26-12-6-2-7-13-26)32-19-17-30(41-32)23-29-16-18-31(40-29)36(25-10-4-1-5-11-25)33-20-21-34(42-33)38(39(28)43-35)27-14-8-3-9-15-27/h1-24,41-42H. The van der Waals surface area contributed by atoms with Crippen LogP contribution in [0.4, 0.5) is 0 Å². The van der Waals surface area contributed by atoms with Crippen molar-refractivity contribution >= 4 is 52.2 Å². The van der Waals surface area contributed by atoms with E-state index in [-0.39, 0.29) is 0 Å². The highest BCUT2D eigenvalue weighted by Gasteiger charge is 2.21. The Morgan fingerprint density at radius 1 is 0.523 bits per heavy atom. The summed E-state index contributed by atoms with van der Waals surface area (Å²) < 4.78 is 0. The first-order valence-corrected chi connectivity index (χ1v) is 14.5. The fourth-order valence-electron chi connectivity index (χ4n) is 6.05. The van der Waals surface area contributed by atoms with Crippen molar-refractivity contribution in [3.8, 4) is 33.4 Å². The molecule has 8 bridgehead atoms. The molecule has 6 aromatic rings. The van der Waals surface area contributed by atoms with E-state index in [2.05, 4.69) is 76.7 Å². The second-order valence-electron chi connectivity index (χ2n) is 10.8. The van der Waals surface area contributed by atoms with Gasteiger partial charge >= 0.3 is 0 Å². The van der Waals surface area contributed by atoms with Crippen molar-refractivity contribution in [2.75, 3.05) is 0 Å². The summed E-state index contributed by atoms with van der Waals surface area (Å²) >= 11 is 0. The quantitative estimate of drug-likeness (QED) is 0.209. The van der Waals surface area contributed by atoms with Crippen LogP contribution in [0.5, 0.6) is 0 Å². The second kappa shape index (κ2) is 10.6. The molecule has 0 radical (unpaired) electrons. The topological polar surface area (TPSA) is 74.4 Å². The Hall–Kier alpha value is -6.07. The average molecular weight is 567 g/mol. The van der Waals surface area contributed by atoms with E-state index < -0.39 is 0 Å². The Morgan fingerprint density at radius 3 is 1.70 bits per heavy atom. The monoisotopic (exact) mass is 566 g/mol. The second-order valence-corrected chi connectivity index (χ2v) is 10.8. The van der Waals surface area contributed by atoms with E-state index in [0.29, 0.717) is 11.3 Å². The van der Waals surface area contributed by atoms with E-state index in [9.17, 15) is 4.79 Å². The molecular formula is C39H26N4O. The summed E-state index contributed by atoms with van der Waals surface area (Å²) in [4.78, 5) is 30.2. The van der Waals surface area contributed by atoms with Gasteiger partial charge in [0.15, 0.2) is 6.29 Å². The van der Waals surface area contributed by atoms with E-state index in [1.807, 2.05) is 72.8 Å². The Kier molecular flexibility index (Phi) is 6.20. The van der Waals surface area contributed by atoms with Crippen molar-refractivity contribution in [2.45, 2.75) is 0 Å². The largest absolute Gasteiger partial charge is 0.355 e. The van der Waals surface area contributed by atoms with E-state index >= 15 is 0 Å². The van der Waals surface area contributed by atoms with Gasteiger partial charge in [0.2, 0.25) is 0 Å². The Morgan fingerprint density at radius 2 is 1.07 bits per heavy atom. The molecule has 5 nitrogen and oxygen atoms in total. The van der Waals surface area contributed by atoms with Crippen LogP contribution in [0.15, 0.2) is 121 Å². The molecule has 0 saturated carbocycles. The first-order valence-electron chi connectivity index (χ1n) is 14.5. The van der Waals surface area contributed by atoms with Crippen molar-refractivity contribution in [3.05, 3.63) is 144 Å². The highest BCUT2D eigenvalue weighted by Crippen LogP contribution is 2.38. The molecule has 5 heterocycles. The first kappa shape index (κ1) is 25.6. The zero-order chi connectivity index (χ0) is 29.5. The summed E-state index contributed by atoms with van der Waals surface area (Å²) in [5.41, 5.74) is 13.0. The molecule has 2 aliphatic rings. The van der Waals surface area contributed by atoms with Crippen LogP contribution in [-0.2, 0) is 4.79 Å². The number of aldehydes is 1. The van der Waals surface area contributed by atoms with Crippen LogP contribution in [0.1, 0.15) is 22.8 Å². The van der Waals surface area contributed by atoms with Crippen LogP contribution < -0.4 is 0 Å². The van der Waals surface area contributed by atoms with E-state index in [1.165, 1.54) is 0 Å². The number of nitrogens with one attached hydrogen (secondary N) is 2. The molecule has 0 aliphatic carbocycles. The third kappa shape index (κ3) is 4.48. The molecule has 5 heteroatoms. The molecule has 0 saturated heterocycles. The van der Waals surface area contributed by atoms with E-state index in [1.54, 1.807) is 0 Å². The van der Waals surface area contributed by atoms with Gasteiger partial charge in [-0.3, -0.25) is 4.79 Å². The number of aromatic amines is 2. The molecule has 2 N–H and O–H groups in total. The average Bonchev–Trinajstić information content (AvgIpc) is 3.89. The molecule has 0 spiro atoms. The first-order chi connectivity index (χ1) is 21.7. The van der Waals surface area contributed by atoms with Crippen molar-refractivity contribution in [1.82, 2.24) is 19.9 Å². The summed E-state index contributed by atoms with van der Waals surface area (Å²) in [6, 6.07) is 40.9. The number of aromatic nitrogens is 4. The summed E-state index contributed by atoms with van der Waals surface area (Å²) in [6.07, 6.45) is 6.91. The van der Waals surface area contributed by atoms with Crippen LogP contribution >= 0.6 is 0 Å². The lowest BCUT2D eigenvalue weighted by molar-refractivity contribution is -0.103. The normalized spacial score (nSPS) is 12.2. The lowest BCUT2D eigenvalue weighted by atomic mass is 10.00. The number of hydrogen-bond acceptors (Lipinski definition) is 3. The van der Waals surface area contributed by atoms with Crippen LogP contribution in [0.25, 0.3) is 79.2 Å². The molecule has 3 aromatic heterocycles. The van der Waals surface area contributed by atoms with E-state index in [0.717, 1.165) is 78.8 Å². The van der Waals surface area contributed by atoms with Gasteiger partial charge in [0, 0.05) is 44.3 Å². The van der Waals surface area contributed by atoms with Crippen molar-refractivity contribution in [3.63, 3.8) is 0 Å². The maximum Gasteiger partial charge on any atom is 0.152 e. The lowest BCUT2D eigenvalue weighted by Crippen LogP contribution is -1.91. The minimum Gasteiger partial charge on any atom is -0.355 e. The molecule has 0 atom stereocenters. The molecule has 0 unspecified atom stereocenters. The number of nitrogens with zero attached hydrogens (tertiary/aromatic N) is 2. The lowest BCUT2D eigenvalue weighted by Gasteiger charge is -2.06. The zero-order valence-electron chi connectivity index (χ0n) is 23.7. The smallest absolute Gasteiger partial charge is 0.152 e. The van der Waals surface area contributed by atoms with Crippen LogP contribution in [-0.4, -0.2) is 26.2 Å². The van der Waals surface area contributed by atoms with Crippen LogP contribution in [0, 0.1) is 0 Å². The van der Waals surface area contributed by atoms with Gasteiger partial charge in [0.05, 0.1) is 22.8 Å². The van der Waals surface area contributed by atoms with Gasteiger partial charge in [-0.25, -0.2) is 9.97 Å². The highest BCUT2D eigenvalue weighted by atomic mass is 16.1. The number of benzene rings is 3. The van der Waals surface area contributed by atoms with Gasteiger partial charge in [-0.05, 0) is 65.3 Å². The van der Waals surface area contributed by atoms with E-state index in [4.69, 9.17) is 9.97 Å². The van der Waals surface area contributed by atoms with Crippen molar-refractivity contribution in [2.24, 2.45) is 0 Å². The maximum absolute atomic E-state index is 12.7. The number of H-pyrrole nitrogens is 2. The third-order valence-corrected chi connectivity index (χ3v) is 8.03. The Bertz CT molecular complexity index is 2280. The summed E-state index contributed by atoms with van der Waals surface area (Å²) in [5, 5.41) is 0. The molecule has 3 aromatic carbocycles. The van der Waals surface area contributed by atoms with Gasteiger partial charge in [-0.2, -0.15) is 0 Å². The predicted octanol–water partition coefficient (Wildman–Crippen LogP) is 9.23. The number of carbonyl (C=O) groups excluding carboxylic acids is 1. The minimum absolute atomic E-state index is 0.528. The van der Waals surface area contributed by atoms with Crippen LogP contribution in [0.3, 0.4) is 0 Å². The van der Waals surface area contributed by atoms with Gasteiger partial charge in [0.25, 0.3) is 0 Å². The Balaban J connectivity index is 1.58. The van der Waals surface area contributed by atoms with Gasteiger partial charge in [-0.1, -0.05) is 91.0 Å². The van der Waals surface area contributed by atoms with Crippen molar-refractivity contribution in [1.29, 1.82) is 0 Å². The number of fused-ring (bicyclic) bond motifs is 8. The minimum atomic E-state index is 0.528. The summed E-state index contributed by atoms with van der Waals surface area (Å²) in [7, 11) is 0. The van der Waals surface area contributed by atoms with Gasteiger partial charge in [0.1, 0.15) is 0 Å². The predicted molar refractivity (Wildman–Crippen MR) is 180 cm³/mol. The highest BCUT2D eigenvalue weighted by molar-refractivity contribution is 6.18. The molecule has 208 valence electrons. The third-order valence-electron chi connectivity index (χ3n) is 8.03. The number of allylic oxidation sites excluding steroid dienone is 1. The van der Waals surface area contributed by atoms with Crippen molar-refractivity contribution < 1.29 is 4.79 Å². The number of rotatable bonds is 4. The molecule has 2 aliphatic heterocycles. The van der Waals surface area contributed by atoms with Crippen LogP contribution in [0.2, 0.25) is 0 Å². The van der Waals surface area contributed by atoms with Gasteiger partial charge < -0.3 is 9.97 Å². The molecule has 8 rings (SSSR count). The molecular weight excluding hydrogens is 540 g/mol. The summed E-state index contributed by atoms with van der Waals surface area (Å²) in [5.74, 6) is 0. The number of carbonyl (C=O) groups is 1. The molecule has 0 fully saturated rings. The van der Waals surface area contributed by atoms with Gasteiger partial charge in [-0.15, -0.1) is 0 Å².